The van der Waals surface area contributed by atoms with E-state index in [9.17, 15) is 17.6 Å². The molecule has 0 aromatic heterocycles. The van der Waals surface area contributed by atoms with Crippen molar-refractivity contribution in [2.75, 3.05) is 13.6 Å². The molecule has 0 saturated heterocycles. The minimum absolute atomic E-state index is 0.308. The summed E-state index contributed by atoms with van der Waals surface area (Å²) in [5.74, 6) is -1.71. The molecule has 0 saturated carbocycles. The molecule has 0 unspecified atom stereocenters. The molecule has 19 heavy (non-hydrogen) atoms. The number of benzene rings is 1. The van der Waals surface area contributed by atoms with Gasteiger partial charge in [-0.25, -0.2) is 17.9 Å². The second-order valence-electron chi connectivity index (χ2n) is 3.73. The summed E-state index contributed by atoms with van der Waals surface area (Å²) in [6.45, 7) is 2.03. The van der Waals surface area contributed by atoms with E-state index < -0.39 is 36.7 Å². The quantitative estimate of drug-likeness (QED) is 0.860. The Morgan fingerprint density at radius 1 is 1.42 bits per heavy atom. The number of halogens is 3. The van der Waals surface area contributed by atoms with Gasteiger partial charge in [0.1, 0.15) is 10.7 Å². The number of amides is 1. The molecule has 1 rings (SSSR count). The van der Waals surface area contributed by atoms with Gasteiger partial charge in [0.15, 0.2) is 0 Å². The van der Waals surface area contributed by atoms with Gasteiger partial charge in [0.25, 0.3) is 5.91 Å². The molecule has 0 atom stereocenters. The van der Waals surface area contributed by atoms with Crippen LogP contribution >= 0.6 is 23.2 Å². The van der Waals surface area contributed by atoms with Crippen LogP contribution in [0.1, 0.15) is 17.3 Å². The van der Waals surface area contributed by atoms with Crippen LogP contribution in [0.25, 0.3) is 0 Å². The highest BCUT2D eigenvalue weighted by Gasteiger charge is 2.27. The van der Waals surface area contributed by atoms with E-state index in [1.165, 1.54) is 11.9 Å². The monoisotopic (exact) mass is 328 g/mol. The lowest BCUT2D eigenvalue weighted by Gasteiger charge is -2.17. The molecular weight excluding hydrogens is 318 g/mol. The fourth-order valence-electron chi connectivity index (χ4n) is 1.34. The summed E-state index contributed by atoms with van der Waals surface area (Å²) < 4.78 is 36.3. The SMILES string of the molecule is CCN(C)C(=O)c1cc(F)c(Cl)c(S(N)(=O)=O)c1Cl. The maximum absolute atomic E-state index is 13.6. The van der Waals surface area contributed by atoms with Gasteiger partial charge in [0, 0.05) is 13.6 Å². The van der Waals surface area contributed by atoms with Crippen molar-refractivity contribution < 1.29 is 17.6 Å². The normalized spacial score (nSPS) is 11.5. The van der Waals surface area contributed by atoms with Gasteiger partial charge in [-0.2, -0.15) is 0 Å². The average Bonchev–Trinajstić information content (AvgIpc) is 2.30. The molecular formula is C10H11Cl2FN2O3S. The zero-order valence-corrected chi connectivity index (χ0v) is 12.4. The van der Waals surface area contributed by atoms with E-state index in [1.54, 1.807) is 6.92 Å². The number of hydrogen-bond acceptors (Lipinski definition) is 3. The molecule has 2 N–H and O–H groups in total. The third-order valence-electron chi connectivity index (χ3n) is 2.45. The third-order valence-corrected chi connectivity index (χ3v) is 4.42. The van der Waals surface area contributed by atoms with Crippen LogP contribution in [0.4, 0.5) is 4.39 Å². The van der Waals surface area contributed by atoms with Gasteiger partial charge in [-0.1, -0.05) is 23.2 Å². The van der Waals surface area contributed by atoms with E-state index in [-0.39, 0.29) is 5.56 Å². The second-order valence-corrected chi connectivity index (χ2v) is 5.98. The van der Waals surface area contributed by atoms with E-state index in [0.29, 0.717) is 6.54 Å². The van der Waals surface area contributed by atoms with Gasteiger partial charge < -0.3 is 4.90 Å². The Kier molecular flexibility index (Phi) is 4.78. The summed E-state index contributed by atoms with van der Waals surface area (Å²) in [4.78, 5) is 12.4. The van der Waals surface area contributed by atoms with Gasteiger partial charge in [-0.3, -0.25) is 4.79 Å². The maximum atomic E-state index is 13.6. The van der Waals surface area contributed by atoms with E-state index >= 15 is 0 Å². The number of primary sulfonamides is 1. The van der Waals surface area contributed by atoms with Crippen molar-refractivity contribution in [2.45, 2.75) is 11.8 Å². The minimum atomic E-state index is -4.35. The molecule has 9 heteroatoms. The predicted octanol–water partition coefficient (Wildman–Crippen LogP) is 1.87. The molecule has 106 valence electrons. The van der Waals surface area contributed by atoms with Crippen molar-refractivity contribution in [2.24, 2.45) is 5.14 Å². The minimum Gasteiger partial charge on any atom is -0.342 e. The lowest BCUT2D eigenvalue weighted by Crippen LogP contribution is -2.27. The van der Waals surface area contributed by atoms with Crippen molar-refractivity contribution in [3.63, 3.8) is 0 Å². The van der Waals surface area contributed by atoms with Gasteiger partial charge >= 0.3 is 0 Å². The summed E-state index contributed by atoms with van der Waals surface area (Å²) in [6, 6.07) is 0.786. The predicted molar refractivity (Wildman–Crippen MR) is 70.4 cm³/mol. The fraction of sp³-hybridized carbons (Fsp3) is 0.300. The summed E-state index contributed by atoms with van der Waals surface area (Å²) >= 11 is 11.3. The van der Waals surface area contributed by atoms with Crippen LogP contribution in [0.15, 0.2) is 11.0 Å². The molecule has 5 nitrogen and oxygen atoms in total. The Labute approximate surface area is 120 Å². The zero-order valence-electron chi connectivity index (χ0n) is 10.1. The first-order valence-electron chi connectivity index (χ1n) is 5.07. The number of nitrogens with two attached hydrogens (primary N) is 1. The maximum Gasteiger partial charge on any atom is 0.255 e. The van der Waals surface area contributed by atoms with Crippen LogP contribution in [-0.4, -0.2) is 32.8 Å². The largest absolute Gasteiger partial charge is 0.342 e. The van der Waals surface area contributed by atoms with Crippen molar-refractivity contribution >= 4 is 39.1 Å². The van der Waals surface area contributed by atoms with Crippen LogP contribution in [-0.2, 0) is 10.0 Å². The number of hydrogen-bond donors (Lipinski definition) is 1. The van der Waals surface area contributed by atoms with Crippen molar-refractivity contribution in [3.05, 3.63) is 27.5 Å². The van der Waals surface area contributed by atoms with Crippen LogP contribution in [0.3, 0.4) is 0 Å². The highest BCUT2D eigenvalue weighted by molar-refractivity contribution is 7.89. The first kappa shape index (κ1) is 16.2. The molecule has 0 aliphatic heterocycles. The fourth-order valence-corrected chi connectivity index (χ4v) is 3.11. The van der Waals surface area contributed by atoms with Gasteiger partial charge in [0.2, 0.25) is 10.0 Å². The highest BCUT2D eigenvalue weighted by atomic mass is 35.5. The van der Waals surface area contributed by atoms with Gasteiger partial charge in [-0.15, -0.1) is 0 Å². The van der Waals surface area contributed by atoms with Crippen LogP contribution in [0, 0.1) is 5.82 Å². The number of rotatable bonds is 3. The first-order valence-corrected chi connectivity index (χ1v) is 7.37. The molecule has 1 aromatic rings. The topological polar surface area (TPSA) is 80.5 Å². The van der Waals surface area contributed by atoms with Gasteiger partial charge in [-0.05, 0) is 13.0 Å². The average molecular weight is 329 g/mol. The molecule has 0 bridgehead atoms. The molecule has 0 heterocycles. The van der Waals surface area contributed by atoms with E-state index in [2.05, 4.69) is 0 Å². The van der Waals surface area contributed by atoms with Crippen molar-refractivity contribution in [3.8, 4) is 0 Å². The second kappa shape index (κ2) is 5.62. The zero-order chi connectivity index (χ0) is 15.0. The Hall–Kier alpha value is -0.890. The van der Waals surface area contributed by atoms with E-state index in [4.69, 9.17) is 28.3 Å². The number of carbonyl (C=O) groups excluding carboxylic acids is 1. The van der Waals surface area contributed by atoms with E-state index in [1.807, 2.05) is 0 Å². The third kappa shape index (κ3) is 3.17. The molecule has 0 aliphatic carbocycles. The Morgan fingerprint density at radius 3 is 2.37 bits per heavy atom. The Balaban J connectivity index is 3.63. The van der Waals surface area contributed by atoms with Crippen LogP contribution < -0.4 is 5.14 Å². The number of carbonyl (C=O) groups is 1. The summed E-state index contributed by atoms with van der Waals surface area (Å²) in [6.07, 6.45) is 0. The Bertz CT molecular complexity index is 634. The molecule has 1 aromatic carbocycles. The molecule has 0 fully saturated rings. The molecule has 0 radical (unpaired) electrons. The summed E-state index contributed by atoms with van der Waals surface area (Å²) in [7, 11) is -2.89. The van der Waals surface area contributed by atoms with Gasteiger partial charge in [0.05, 0.1) is 15.6 Å². The number of nitrogens with zero attached hydrogens (tertiary/aromatic N) is 1. The highest BCUT2D eigenvalue weighted by Crippen LogP contribution is 2.34. The first-order chi connectivity index (χ1) is 8.61. The standard InChI is InChI=1S/C10H11Cl2FN2O3S/c1-3-15(2)10(16)5-4-6(13)8(12)9(7(5)11)19(14,17)18/h4H,3H2,1-2H3,(H2,14,17,18). The van der Waals surface area contributed by atoms with Crippen molar-refractivity contribution in [1.29, 1.82) is 0 Å². The van der Waals surface area contributed by atoms with Crippen LogP contribution in [0.2, 0.25) is 10.0 Å². The van der Waals surface area contributed by atoms with Crippen LogP contribution in [0.5, 0.6) is 0 Å². The van der Waals surface area contributed by atoms with Crippen molar-refractivity contribution in [1.82, 2.24) is 4.90 Å². The van der Waals surface area contributed by atoms with E-state index in [0.717, 1.165) is 6.07 Å². The number of sulfonamides is 1. The lowest BCUT2D eigenvalue weighted by molar-refractivity contribution is 0.0802. The summed E-state index contributed by atoms with van der Waals surface area (Å²) in [5.41, 5.74) is -0.308. The molecule has 0 aliphatic rings. The lowest BCUT2D eigenvalue weighted by atomic mass is 10.2. The molecule has 0 spiro atoms. The summed E-state index contributed by atoms with van der Waals surface area (Å²) in [5, 5.41) is 3.70. The Morgan fingerprint density at radius 2 is 1.95 bits per heavy atom. The smallest absolute Gasteiger partial charge is 0.255 e. The molecule has 1 amide bonds.